The summed E-state index contributed by atoms with van der Waals surface area (Å²) in [4.78, 5) is 42.6. The fourth-order valence-electron chi connectivity index (χ4n) is 3.63. The number of urea groups is 1. The number of halogens is 1. The Kier molecular flexibility index (Phi) is 5.82. The Morgan fingerprint density at radius 2 is 1.97 bits per heavy atom. The summed E-state index contributed by atoms with van der Waals surface area (Å²) in [5.74, 6) is -0.936. The van der Waals surface area contributed by atoms with Crippen molar-refractivity contribution in [3.63, 3.8) is 0 Å². The summed E-state index contributed by atoms with van der Waals surface area (Å²) in [5, 5.41) is 5.27. The summed E-state index contributed by atoms with van der Waals surface area (Å²) in [7, 11) is 1.53. The van der Waals surface area contributed by atoms with Crippen molar-refractivity contribution in [2.24, 2.45) is 0 Å². The maximum atomic E-state index is 14.4. The van der Waals surface area contributed by atoms with Crippen LogP contribution in [0.3, 0.4) is 0 Å². The van der Waals surface area contributed by atoms with E-state index in [-0.39, 0.29) is 6.54 Å². The second-order valence-corrected chi connectivity index (χ2v) is 7.71. The monoisotopic (exact) mass is 451 g/mol. The summed E-state index contributed by atoms with van der Waals surface area (Å²) in [5.41, 5.74) is 0.137. The fourth-order valence-corrected chi connectivity index (χ4v) is 3.63. The number of hydrogen-bond acceptors (Lipinski definition) is 5. The van der Waals surface area contributed by atoms with Crippen LogP contribution in [0.4, 0.5) is 9.18 Å². The van der Waals surface area contributed by atoms with Gasteiger partial charge >= 0.3 is 6.03 Å². The third-order valence-electron chi connectivity index (χ3n) is 5.53. The van der Waals surface area contributed by atoms with Crippen LogP contribution in [0.25, 0.3) is 5.69 Å². The minimum absolute atomic E-state index is 0.0410. The molecule has 0 spiro atoms. The van der Waals surface area contributed by atoms with Gasteiger partial charge in [0.1, 0.15) is 23.7 Å². The fraction of sp³-hybridized carbons (Fsp3) is 0.217. The van der Waals surface area contributed by atoms with Crippen molar-refractivity contribution in [2.75, 3.05) is 13.7 Å². The first-order chi connectivity index (χ1) is 15.8. The number of aromatic nitrogens is 2. The van der Waals surface area contributed by atoms with Crippen molar-refractivity contribution < 1.29 is 23.5 Å². The molecule has 1 aliphatic heterocycles. The van der Waals surface area contributed by atoms with Gasteiger partial charge in [0.15, 0.2) is 0 Å². The molecular formula is C23H22FN5O4. The number of rotatable bonds is 7. The Balaban J connectivity index is 1.38. The van der Waals surface area contributed by atoms with Gasteiger partial charge in [-0.15, -0.1) is 0 Å². The van der Waals surface area contributed by atoms with Crippen LogP contribution in [0.2, 0.25) is 0 Å². The van der Waals surface area contributed by atoms with Crippen molar-refractivity contribution in [2.45, 2.75) is 19.0 Å². The van der Waals surface area contributed by atoms with E-state index < -0.39 is 35.7 Å². The maximum Gasteiger partial charge on any atom is 0.325 e. The van der Waals surface area contributed by atoms with Gasteiger partial charge in [0, 0.05) is 18.9 Å². The molecule has 1 atom stereocenters. The number of methoxy groups -OCH3 is 1. The Bertz CT molecular complexity index is 1200. The van der Waals surface area contributed by atoms with Gasteiger partial charge in [-0.2, -0.15) is 0 Å². The molecule has 0 bridgehead atoms. The van der Waals surface area contributed by atoms with E-state index in [1.54, 1.807) is 55.7 Å². The van der Waals surface area contributed by atoms with E-state index >= 15 is 0 Å². The lowest BCUT2D eigenvalue weighted by molar-refractivity contribution is -0.134. The molecule has 0 aliphatic carbocycles. The highest BCUT2D eigenvalue weighted by atomic mass is 19.1. The topological polar surface area (TPSA) is 106 Å². The maximum absolute atomic E-state index is 14.4. The highest BCUT2D eigenvalue weighted by Crippen LogP contribution is 2.29. The first-order valence-corrected chi connectivity index (χ1v) is 10.1. The molecule has 2 N–H and O–H groups in total. The van der Waals surface area contributed by atoms with E-state index in [4.69, 9.17) is 4.74 Å². The van der Waals surface area contributed by atoms with Gasteiger partial charge in [-0.3, -0.25) is 14.5 Å². The summed E-state index contributed by atoms with van der Waals surface area (Å²) in [6.45, 7) is 1.17. The molecule has 0 radical (unpaired) electrons. The lowest BCUT2D eigenvalue weighted by Crippen LogP contribution is -2.43. The molecule has 10 heteroatoms. The highest BCUT2D eigenvalue weighted by molar-refractivity contribution is 6.09. The standard InChI is InChI=1S/C23H22FN5O4/c1-23(16-4-6-17(33-2)7-5-16)21(31)29(22(32)27-23)13-20(30)26-12-15-3-8-19(18(24)11-15)28-10-9-25-14-28/h3-11,14H,12-13H2,1-2H3,(H,26,30)(H,27,32). The van der Waals surface area contributed by atoms with E-state index in [0.717, 1.165) is 4.90 Å². The Labute approximate surface area is 189 Å². The average Bonchev–Trinajstić information content (AvgIpc) is 3.41. The minimum Gasteiger partial charge on any atom is -0.497 e. The van der Waals surface area contributed by atoms with E-state index in [2.05, 4.69) is 15.6 Å². The van der Waals surface area contributed by atoms with E-state index in [0.29, 0.717) is 22.6 Å². The molecule has 2 heterocycles. The predicted molar refractivity (Wildman–Crippen MR) is 116 cm³/mol. The van der Waals surface area contributed by atoms with Gasteiger partial charge in [-0.05, 0) is 42.3 Å². The van der Waals surface area contributed by atoms with Gasteiger partial charge in [0.05, 0.1) is 19.1 Å². The van der Waals surface area contributed by atoms with Crippen molar-refractivity contribution in [1.29, 1.82) is 0 Å². The summed E-state index contributed by atoms with van der Waals surface area (Å²) in [6, 6.07) is 10.6. The zero-order valence-electron chi connectivity index (χ0n) is 18.0. The van der Waals surface area contributed by atoms with Gasteiger partial charge in [0.2, 0.25) is 5.91 Å². The lowest BCUT2D eigenvalue weighted by Gasteiger charge is -2.22. The summed E-state index contributed by atoms with van der Waals surface area (Å²) in [6.07, 6.45) is 4.65. The number of carbonyl (C=O) groups is 3. The molecule has 1 aromatic heterocycles. The average molecular weight is 451 g/mol. The van der Waals surface area contributed by atoms with Crippen LogP contribution in [0.1, 0.15) is 18.1 Å². The van der Waals surface area contributed by atoms with E-state index in [1.807, 2.05) is 0 Å². The molecule has 4 rings (SSSR count). The van der Waals surface area contributed by atoms with E-state index in [9.17, 15) is 18.8 Å². The zero-order valence-corrected chi connectivity index (χ0v) is 18.0. The molecule has 1 aliphatic rings. The largest absolute Gasteiger partial charge is 0.497 e. The normalized spacial score (nSPS) is 17.7. The molecule has 1 saturated heterocycles. The van der Waals surface area contributed by atoms with Crippen LogP contribution in [-0.4, -0.2) is 46.0 Å². The predicted octanol–water partition coefficient (Wildman–Crippen LogP) is 2.10. The van der Waals surface area contributed by atoms with Crippen LogP contribution in [0.5, 0.6) is 5.75 Å². The van der Waals surface area contributed by atoms with E-state index in [1.165, 1.54) is 24.1 Å². The van der Waals surface area contributed by atoms with Crippen LogP contribution in [-0.2, 0) is 21.7 Å². The number of hydrogen-bond donors (Lipinski definition) is 2. The van der Waals surface area contributed by atoms with Crippen LogP contribution in [0, 0.1) is 5.82 Å². The van der Waals surface area contributed by atoms with Crippen molar-refractivity contribution in [3.8, 4) is 11.4 Å². The van der Waals surface area contributed by atoms with Crippen LogP contribution in [0.15, 0.2) is 61.2 Å². The Morgan fingerprint density at radius 1 is 1.21 bits per heavy atom. The molecule has 1 fully saturated rings. The number of nitrogens with zero attached hydrogens (tertiary/aromatic N) is 3. The first kappa shape index (κ1) is 22.0. The highest BCUT2D eigenvalue weighted by Gasteiger charge is 2.49. The Morgan fingerprint density at radius 3 is 2.61 bits per heavy atom. The zero-order chi connectivity index (χ0) is 23.6. The summed E-state index contributed by atoms with van der Waals surface area (Å²) < 4.78 is 21.0. The number of nitrogens with one attached hydrogen (secondary N) is 2. The molecular weight excluding hydrogens is 429 g/mol. The number of amides is 4. The van der Waals surface area contributed by atoms with Crippen LogP contribution >= 0.6 is 0 Å². The van der Waals surface area contributed by atoms with Crippen molar-refractivity contribution in [1.82, 2.24) is 25.1 Å². The minimum atomic E-state index is -1.30. The molecule has 4 amide bonds. The second kappa shape index (κ2) is 8.73. The third kappa shape index (κ3) is 4.27. The van der Waals surface area contributed by atoms with Crippen LogP contribution < -0.4 is 15.4 Å². The molecule has 2 aromatic carbocycles. The van der Waals surface area contributed by atoms with Gasteiger partial charge in [0.25, 0.3) is 5.91 Å². The first-order valence-electron chi connectivity index (χ1n) is 10.1. The molecule has 3 aromatic rings. The Hall–Kier alpha value is -4.21. The van der Waals surface area contributed by atoms with Gasteiger partial charge in [-0.1, -0.05) is 18.2 Å². The number of benzene rings is 2. The quantitative estimate of drug-likeness (QED) is 0.536. The van der Waals surface area contributed by atoms with Gasteiger partial charge < -0.3 is 19.9 Å². The molecule has 0 saturated carbocycles. The summed E-state index contributed by atoms with van der Waals surface area (Å²) >= 11 is 0. The van der Waals surface area contributed by atoms with Crippen molar-refractivity contribution >= 4 is 17.8 Å². The lowest BCUT2D eigenvalue weighted by atomic mass is 9.92. The molecule has 170 valence electrons. The number of imide groups is 1. The smallest absolute Gasteiger partial charge is 0.325 e. The molecule has 33 heavy (non-hydrogen) atoms. The number of imidazole rings is 1. The SMILES string of the molecule is COc1ccc(C2(C)NC(=O)N(CC(=O)NCc3ccc(-n4ccnc4)c(F)c3)C2=O)cc1. The third-order valence-corrected chi connectivity index (χ3v) is 5.53. The number of ether oxygens (including phenoxy) is 1. The van der Waals surface area contributed by atoms with Crippen molar-refractivity contribution in [3.05, 3.63) is 78.1 Å². The molecule has 1 unspecified atom stereocenters. The second-order valence-electron chi connectivity index (χ2n) is 7.71. The molecule has 9 nitrogen and oxygen atoms in total. The number of carbonyl (C=O) groups excluding carboxylic acids is 3. The van der Waals surface area contributed by atoms with Gasteiger partial charge in [-0.25, -0.2) is 14.2 Å².